The highest BCUT2D eigenvalue weighted by molar-refractivity contribution is 7.89. The number of nitrogens with zero attached hydrogens (tertiary/aromatic N) is 2. The zero-order valence-electron chi connectivity index (χ0n) is 16.4. The van der Waals surface area contributed by atoms with Gasteiger partial charge in [0.25, 0.3) is 5.91 Å². The van der Waals surface area contributed by atoms with Crippen LogP contribution in [0.5, 0.6) is 0 Å². The molecule has 30 heavy (non-hydrogen) atoms. The predicted octanol–water partition coefficient (Wildman–Crippen LogP) is 2.20. The summed E-state index contributed by atoms with van der Waals surface area (Å²) < 4.78 is 32.0. The number of nitrogens with one attached hydrogen (secondary N) is 1. The molecular weight excluding hydrogens is 406 g/mol. The summed E-state index contributed by atoms with van der Waals surface area (Å²) in [6.07, 6.45) is 0.855. The normalized spacial score (nSPS) is 16.6. The van der Waals surface area contributed by atoms with E-state index in [1.165, 1.54) is 18.2 Å². The summed E-state index contributed by atoms with van der Waals surface area (Å²) in [4.78, 5) is 24.7. The first-order chi connectivity index (χ1) is 14.3. The molecule has 0 saturated carbocycles. The van der Waals surface area contributed by atoms with Gasteiger partial charge in [0.1, 0.15) is 6.04 Å². The minimum Gasteiger partial charge on any atom is -0.454 e. The lowest BCUT2D eigenvalue weighted by Crippen LogP contribution is -2.42. The highest BCUT2D eigenvalue weighted by Crippen LogP contribution is 2.27. The predicted molar refractivity (Wildman–Crippen MR) is 109 cm³/mol. The molecule has 0 spiro atoms. The van der Waals surface area contributed by atoms with E-state index < -0.39 is 34.5 Å². The van der Waals surface area contributed by atoms with Crippen LogP contribution < -0.4 is 5.32 Å². The van der Waals surface area contributed by atoms with E-state index in [9.17, 15) is 18.0 Å². The van der Waals surface area contributed by atoms with E-state index in [0.717, 1.165) is 9.87 Å². The smallest absolute Gasteiger partial charge is 0.324 e. The third-order valence-electron chi connectivity index (χ3n) is 4.72. The second-order valence-electron chi connectivity index (χ2n) is 6.94. The fourth-order valence-electron chi connectivity index (χ4n) is 3.21. The first kappa shape index (κ1) is 21.5. The number of hydrogen-bond donors (Lipinski definition) is 1. The number of aryl methyl sites for hydroxylation is 1. The van der Waals surface area contributed by atoms with Gasteiger partial charge in [-0.2, -0.15) is 9.57 Å². The maximum absolute atomic E-state index is 12.9. The van der Waals surface area contributed by atoms with Gasteiger partial charge in [-0.05, 0) is 50.1 Å². The summed E-state index contributed by atoms with van der Waals surface area (Å²) in [7, 11) is -3.84. The first-order valence-corrected chi connectivity index (χ1v) is 10.8. The molecule has 0 radical (unpaired) electrons. The highest BCUT2D eigenvalue weighted by atomic mass is 32.2. The number of nitriles is 1. The third-order valence-corrected chi connectivity index (χ3v) is 6.65. The molecule has 8 nitrogen and oxygen atoms in total. The first-order valence-electron chi connectivity index (χ1n) is 9.36. The summed E-state index contributed by atoms with van der Waals surface area (Å²) >= 11 is 0. The van der Waals surface area contributed by atoms with Crippen molar-refractivity contribution >= 4 is 27.6 Å². The molecule has 1 heterocycles. The third kappa shape index (κ3) is 4.84. The van der Waals surface area contributed by atoms with E-state index in [1.54, 1.807) is 30.3 Å². The lowest BCUT2D eigenvalue weighted by atomic mass is 10.2. The number of anilines is 1. The van der Waals surface area contributed by atoms with Crippen LogP contribution in [-0.2, 0) is 24.3 Å². The van der Waals surface area contributed by atoms with Gasteiger partial charge in [0.15, 0.2) is 6.61 Å². The highest BCUT2D eigenvalue weighted by Gasteiger charge is 2.40. The number of hydrogen-bond acceptors (Lipinski definition) is 6. The summed E-state index contributed by atoms with van der Waals surface area (Å²) in [5.41, 5.74) is 1.71. The molecule has 1 aliphatic heterocycles. The Kier molecular flexibility index (Phi) is 6.50. The van der Waals surface area contributed by atoms with Crippen molar-refractivity contribution in [3.05, 3.63) is 59.7 Å². The van der Waals surface area contributed by atoms with E-state index in [0.29, 0.717) is 24.1 Å². The zero-order chi connectivity index (χ0) is 21.7. The molecule has 0 aliphatic carbocycles. The van der Waals surface area contributed by atoms with Crippen LogP contribution in [0.4, 0.5) is 5.69 Å². The van der Waals surface area contributed by atoms with Crippen molar-refractivity contribution in [1.29, 1.82) is 5.26 Å². The Morgan fingerprint density at radius 2 is 1.97 bits per heavy atom. The number of esters is 1. The molecular formula is C21H21N3O5S. The van der Waals surface area contributed by atoms with Gasteiger partial charge in [0.2, 0.25) is 10.0 Å². The van der Waals surface area contributed by atoms with E-state index >= 15 is 0 Å². The molecule has 1 atom stereocenters. The number of carbonyl (C=O) groups excluding carboxylic acids is 2. The van der Waals surface area contributed by atoms with Crippen LogP contribution in [0.3, 0.4) is 0 Å². The fraction of sp³-hybridized carbons (Fsp3) is 0.286. The standard InChI is InChI=1S/C21H21N3O5S/c1-15-7-9-18(10-8-15)30(27,28)24-11-3-6-19(24)21(26)29-14-20(25)23-17-5-2-4-16(12-17)13-22/h2,4-5,7-10,12,19H,3,6,11,14H2,1H3,(H,23,25)/t19-/m0/s1. The van der Waals surface area contributed by atoms with Gasteiger partial charge in [-0.1, -0.05) is 23.8 Å². The molecule has 1 N–H and O–H groups in total. The van der Waals surface area contributed by atoms with Crippen LogP contribution in [0.2, 0.25) is 0 Å². The summed E-state index contributed by atoms with van der Waals surface area (Å²) in [6.45, 7) is 1.52. The maximum Gasteiger partial charge on any atom is 0.324 e. The van der Waals surface area contributed by atoms with Gasteiger partial charge in [-0.25, -0.2) is 8.42 Å². The average Bonchev–Trinajstić information content (AvgIpc) is 3.23. The fourth-order valence-corrected chi connectivity index (χ4v) is 4.85. The number of rotatable bonds is 6. The van der Waals surface area contributed by atoms with Crippen molar-refractivity contribution in [2.75, 3.05) is 18.5 Å². The Bertz CT molecular complexity index is 1090. The van der Waals surface area contributed by atoms with Crippen molar-refractivity contribution < 1.29 is 22.7 Å². The lowest BCUT2D eigenvalue weighted by molar-refractivity contribution is -0.150. The van der Waals surface area contributed by atoms with Crippen LogP contribution in [0.15, 0.2) is 53.4 Å². The Morgan fingerprint density at radius 3 is 2.67 bits per heavy atom. The molecule has 1 fully saturated rings. The molecule has 3 rings (SSSR count). The Labute approximate surface area is 175 Å². The average molecular weight is 427 g/mol. The molecule has 2 aromatic rings. The molecule has 0 bridgehead atoms. The van der Waals surface area contributed by atoms with Crippen LogP contribution in [0, 0.1) is 18.3 Å². The molecule has 1 amide bonds. The Balaban J connectivity index is 1.62. The molecule has 0 unspecified atom stereocenters. The van der Waals surface area contributed by atoms with E-state index in [2.05, 4.69) is 5.32 Å². The number of ether oxygens (including phenoxy) is 1. The van der Waals surface area contributed by atoms with Crippen molar-refractivity contribution in [3.8, 4) is 6.07 Å². The Morgan fingerprint density at radius 1 is 1.23 bits per heavy atom. The zero-order valence-corrected chi connectivity index (χ0v) is 17.2. The minimum absolute atomic E-state index is 0.114. The number of sulfonamides is 1. The van der Waals surface area contributed by atoms with E-state index in [1.807, 2.05) is 13.0 Å². The van der Waals surface area contributed by atoms with Crippen molar-refractivity contribution in [3.63, 3.8) is 0 Å². The van der Waals surface area contributed by atoms with Crippen molar-refractivity contribution in [2.24, 2.45) is 0 Å². The van der Waals surface area contributed by atoms with E-state index in [4.69, 9.17) is 10.00 Å². The lowest BCUT2D eigenvalue weighted by Gasteiger charge is -2.22. The Hall–Kier alpha value is -3.22. The van der Waals surface area contributed by atoms with Gasteiger partial charge >= 0.3 is 5.97 Å². The largest absolute Gasteiger partial charge is 0.454 e. The van der Waals surface area contributed by atoms with Crippen molar-refractivity contribution in [1.82, 2.24) is 4.31 Å². The molecule has 9 heteroatoms. The van der Waals surface area contributed by atoms with Gasteiger partial charge in [-0.15, -0.1) is 0 Å². The quantitative estimate of drug-likeness (QED) is 0.707. The van der Waals surface area contributed by atoms with Crippen LogP contribution >= 0.6 is 0 Å². The number of benzene rings is 2. The molecule has 156 valence electrons. The van der Waals surface area contributed by atoms with Gasteiger partial charge < -0.3 is 10.1 Å². The summed E-state index contributed by atoms with van der Waals surface area (Å²) in [5.74, 6) is -1.34. The van der Waals surface area contributed by atoms with Gasteiger partial charge in [-0.3, -0.25) is 9.59 Å². The van der Waals surface area contributed by atoms with Crippen LogP contribution in [0.1, 0.15) is 24.0 Å². The van der Waals surface area contributed by atoms with Crippen LogP contribution in [0.25, 0.3) is 0 Å². The molecule has 0 aromatic heterocycles. The maximum atomic E-state index is 12.9. The van der Waals surface area contributed by atoms with E-state index in [-0.39, 0.29) is 11.4 Å². The molecule has 1 aliphatic rings. The second kappa shape index (κ2) is 9.07. The monoisotopic (exact) mass is 427 g/mol. The topological polar surface area (TPSA) is 117 Å². The number of carbonyl (C=O) groups is 2. The minimum atomic E-state index is -3.84. The molecule has 1 saturated heterocycles. The molecule has 2 aromatic carbocycles. The van der Waals surface area contributed by atoms with Crippen molar-refractivity contribution in [2.45, 2.75) is 30.7 Å². The van der Waals surface area contributed by atoms with Gasteiger partial charge in [0, 0.05) is 12.2 Å². The summed E-state index contributed by atoms with van der Waals surface area (Å²) in [6, 6.07) is 13.7. The SMILES string of the molecule is Cc1ccc(S(=O)(=O)N2CCC[C@H]2C(=O)OCC(=O)Nc2cccc(C#N)c2)cc1. The van der Waals surface area contributed by atoms with Crippen LogP contribution in [-0.4, -0.2) is 43.8 Å². The number of amides is 1. The van der Waals surface area contributed by atoms with Gasteiger partial charge in [0.05, 0.1) is 16.5 Å². The second-order valence-corrected chi connectivity index (χ2v) is 8.83. The summed E-state index contributed by atoms with van der Waals surface area (Å²) in [5, 5.41) is 11.4.